The highest BCUT2D eigenvalue weighted by Gasteiger charge is 2.01. The number of rotatable bonds is 2. The molecule has 86 valence electrons. The van der Waals surface area contributed by atoms with Crippen LogP contribution in [0.1, 0.15) is 6.92 Å². The first-order valence-corrected chi connectivity index (χ1v) is 5.37. The first-order valence-electron chi connectivity index (χ1n) is 5.37. The molecule has 0 bridgehead atoms. The number of benzene rings is 2. The van der Waals surface area contributed by atoms with E-state index in [1.165, 1.54) is 0 Å². The lowest BCUT2D eigenvalue weighted by Crippen LogP contribution is -2.26. The second-order valence-corrected chi connectivity index (χ2v) is 3.92. The van der Waals surface area contributed by atoms with E-state index in [2.05, 4.69) is 17.2 Å². The van der Waals surface area contributed by atoms with Crippen LogP contribution in [-0.2, 0) is 0 Å². The van der Waals surface area contributed by atoms with Crippen molar-refractivity contribution >= 4 is 22.5 Å². The van der Waals surface area contributed by atoms with Gasteiger partial charge in [-0.15, -0.1) is 0 Å². The van der Waals surface area contributed by atoms with Crippen LogP contribution in [-0.4, -0.2) is 6.03 Å². The highest BCUT2D eigenvalue weighted by molar-refractivity contribution is 5.94. The largest absolute Gasteiger partial charge is 0.323 e. The molecule has 17 heavy (non-hydrogen) atoms. The molecule has 2 rings (SSSR count). The van der Waals surface area contributed by atoms with Crippen LogP contribution in [0.3, 0.4) is 0 Å². The van der Waals surface area contributed by atoms with Gasteiger partial charge in [0.2, 0.25) is 0 Å². The average molecular weight is 226 g/mol. The third-order valence-corrected chi connectivity index (χ3v) is 2.33. The van der Waals surface area contributed by atoms with E-state index in [1.54, 1.807) is 6.92 Å². The van der Waals surface area contributed by atoms with Gasteiger partial charge in [0, 0.05) is 11.4 Å². The second-order valence-electron chi connectivity index (χ2n) is 3.92. The predicted octanol–water partition coefficient (Wildman–Crippen LogP) is 3.49. The number of fused-ring (bicyclic) bond motifs is 1. The number of urea groups is 1. The predicted molar refractivity (Wildman–Crippen MR) is 70.9 cm³/mol. The van der Waals surface area contributed by atoms with E-state index in [0.29, 0.717) is 5.70 Å². The Bertz CT molecular complexity index is 575. The van der Waals surface area contributed by atoms with E-state index < -0.39 is 0 Å². The van der Waals surface area contributed by atoms with Crippen molar-refractivity contribution in [3.63, 3.8) is 0 Å². The zero-order valence-corrected chi connectivity index (χ0v) is 9.66. The van der Waals surface area contributed by atoms with Gasteiger partial charge in [-0.25, -0.2) is 4.79 Å². The molecule has 3 heteroatoms. The molecule has 0 fully saturated rings. The summed E-state index contributed by atoms with van der Waals surface area (Å²) in [5.41, 5.74) is 1.38. The summed E-state index contributed by atoms with van der Waals surface area (Å²) in [5.74, 6) is 0. The number of anilines is 1. The van der Waals surface area contributed by atoms with Crippen molar-refractivity contribution in [2.45, 2.75) is 6.92 Å². The Morgan fingerprint density at radius 2 is 1.82 bits per heavy atom. The van der Waals surface area contributed by atoms with Crippen molar-refractivity contribution in [2.75, 3.05) is 5.32 Å². The van der Waals surface area contributed by atoms with Crippen LogP contribution in [0.4, 0.5) is 10.5 Å². The van der Waals surface area contributed by atoms with Crippen LogP contribution in [0.25, 0.3) is 10.8 Å². The molecule has 0 saturated heterocycles. The van der Waals surface area contributed by atoms with Crippen LogP contribution >= 0.6 is 0 Å². The van der Waals surface area contributed by atoms with Gasteiger partial charge in [0.1, 0.15) is 0 Å². The maximum Gasteiger partial charge on any atom is 0.323 e. The van der Waals surface area contributed by atoms with E-state index in [-0.39, 0.29) is 6.03 Å². The minimum Gasteiger partial charge on any atom is -0.312 e. The van der Waals surface area contributed by atoms with E-state index in [9.17, 15) is 4.79 Å². The smallest absolute Gasteiger partial charge is 0.312 e. The van der Waals surface area contributed by atoms with Crippen LogP contribution in [0, 0.1) is 0 Å². The van der Waals surface area contributed by atoms with Gasteiger partial charge in [-0.2, -0.15) is 0 Å². The summed E-state index contributed by atoms with van der Waals surface area (Å²) in [7, 11) is 0. The van der Waals surface area contributed by atoms with Gasteiger partial charge in [-0.05, 0) is 29.8 Å². The Kier molecular flexibility index (Phi) is 3.10. The van der Waals surface area contributed by atoms with Crippen molar-refractivity contribution in [1.82, 2.24) is 5.32 Å². The number of carbonyl (C=O) groups excluding carboxylic acids is 1. The normalized spacial score (nSPS) is 9.94. The molecule has 0 aliphatic heterocycles. The van der Waals surface area contributed by atoms with E-state index >= 15 is 0 Å². The Hall–Kier alpha value is -2.29. The highest BCUT2D eigenvalue weighted by atomic mass is 16.2. The first kappa shape index (κ1) is 11.2. The summed E-state index contributed by atoms with van der Waals surface area (Å²) < 4.78 is 0. The summed E-state index contributed by atoms with van der Waals surface area (Å²) in [6.07, 6.45) is 0. The maximum atomic E-state index is 11.5. The number of carbonyl (C=O) groups is 1. The standard InChI is InChI=1S/C14H14N2O/c1-10(2)15-14(17)16-13-8-7-11-5-3-4-6-12(11)9-13/h3-9H,1H2,2H3,(H2,15,16,17). The zero-order chi connectivity index (χ0) is 12.3. The molecule has 0 aliphatic rings. The molecule has 0 aliphatic carbocycles. The fourth-order valence-electron chi connectivity index (χ4n) is 1.62. The van der Waals surface area contributed by atoms with Crippen LogP contribution < -0.4 is 10.6 Å². The number of nitrogens with one attached hydrogen (secondary N) is 2. The summed E-state index contributed by atoms with van der Waals surface area (Å²) >= 11 is 0. The summed E-state index contributed by atoms with van der Waals surface area (Å²) in [6, 6.07) is 13.5. The van der Waals surface area contributed by atoms with Crippen molar-refractivity contribution in [1.29, 1.82) is 0 Å². The van der Waals surface area contributed by atoms with Gasteiger partial charge in [0.25, 0.3) is 0 Å². The van der Waals surface area contributed by atoms with Crippen molar-refractivity contribution in [3.05, 3.63) is 54.7 Å². The summed E-state index contributed by atoms with van der Waals surface area (Å²) in [6.45, 7) is 5.35. The third kappa shape index (κ3) is 2.84. The van der Waals surface area contributed by atoms with Gasteiger partial charge in [0.05, 0.1) is 0 Å². The van der Waals surface area contributed by atoms with Crippen LogP contribution in [0.15, 0.2) is 54.7 Å². The molecule has 3 nitrogen and oxygen atoms in total. The SMILES string of the molecule is C=C(C)NC(=O)Nc1ccc2ccccc2c1. The number of hydrogen-bond acceptors (Lipinski definition) is 1. The van der Waals surface area contributed by atoms with Crippen molar-refractivity contribution in [2.24, 2.45) is 0 Å². The molecule has 2 aromatic rings. The first-order chi connectivity index (χ1) is 8.15. The van der Waals surface area contributed by atoms with Gasteiger partial charge in [-0.3, -0.25) is 0 Å². The Balaban J connectivity index is 2.19. The van der Waals surface area contributed by atoms with Gasteiger partial charge >= 0.3 is 6.03 Å². The molecule has 2 aromatic carbocycles. The Labute approximate surface area is 100 Å². The molecule has 0 atom stereocenters. The topological polar surface area (TPSA) is 41.1 Å². The maximum absolute atomic E-state index is 11.5. The number of allylic oxidation sites excluding steroid dienone is 1. The van der Waals surface area contributed by atoms with E-state index in [0.717, 1.165) is 16.5 Å². The van der Waals surface area contributed by atoms with Gasteiger partial charge in [-0.1, -0.05) is 36.9 Å². The summed E-state index contributed by atoms with van der Waals surface area (Å²) in [5, 5.41) is 7.60. The van der Waals surface area contributed by atoms with Crippen LogP contribution in [0.2, 0.25) is 0 Å². The molecule has 0 aromatic heterocycles. The lowest BCUT2D eigenvalue weighted by Gasteiger charge is -2.07. The Morgan fingerprint density at radius 1 is 1.12 bits per heavy atom. The molecule has 2 amide bonds. The molecule has 2 N–H and O–H groups in total. The number of hydrogen-bond donors (Lipinski definition) is 2. The lowest BCUT2D eigenvalue weighted by atomic mass is 10.1. The molecular formula is C14H14N2O. The average Bonchev–Trinajstić information content (AvgIpc) is 2.27. The van der Waals surface area contributed by atoms with Crippen LogP contribution in [0.5, 0.6) is 0 Å². The minimum absolute atomic E-state index is 0.271. The van der Waals surface area contributed by atoms with E-state index in [1.807, 2.05) is 42.5 Å². The Morgan fingerprint density at radius 3 is 2.53 bits per heavy atom. The molecular weight excluding hydrogens is 212 g/mol. The van der Waals surface area contributed by atoms with Crippen molar-refractivity contribution < 1.29 is 4.79 Å². The fourth-order valence-corrected chi connectivity index (χ4v) is 1.62. The third-order valence-electron chi connectivity index (χ3n) is 2.33. The van der Waals surface area contributed by atoms with Gasteiger partial charge < -0.3 is 10.6 Å². The minimum atomic E-state index is -0.271. The molecule has 0 heterocycles. The zero-order valence-electron chi connectivity index (χ0n) is 9.66. The second kappa shape index (κ2) is 4.70. The van der Waals surface area contributed by atoms with Crippen molar-refractivity contribution in [3.8, 4) is 0 Å². The van der Waals surface area contributed by atoms with E-state index in [4.69, 9.17) is 0 Å². The molecule has 0 unspecified atom stereocenters. The summed E-state index contributed by atoms with van der Waals surface area (Å²) in [4.78, 5) is 11.5. The number of amides is 2. The quantitative estimate of drug-likeness (QED) is 0.808. The molecule has 0 saturated carbocycles. The highest BCUT2D eigenvalue weighted by Crippen LogP contribution is 2.18. The molecule has 0 radical (unpaired) electrons. The lowest BCUT2D eigenvalue weighted by molar-refractivity contribution is 0.254. The monoisotopic (exact) mass is 226 g/mol. The molecule has 0 spiro atoms. The van der Waals surface area contributed by atoms with Gasteiger partial charge in [0.15, 0.2) is 0 Å². The fraction of sp³-hybridized carbons (Fsp3) is 0.0714.